The average molecular weight is 624 g/mol. The van der Waals surface area contributed by atoms with Gasteiger partial charge >= 0.3 is 23.9 Å². The summed E-state index contributed by atoms with van der Waals surface area (Å²) in [7, 11) is 1.43. The molecule has 0 radical (unpaired) electrons. The van der Waals surface area contributed by atoms with E-state index in [1.165, 1.54) is 33.3 Å². The molecule has 1 aromatic rings. The molecule has 1 heterocycles. The Morgan fingerprint density at radius 2 is 1.39 bits per heavy atom. The molecule has 0 unspecified atom stereocenters. The fourth-order valence-corrected chi connectivity index (χ4v) is 4.68. The highest BCUT2D eigenvalue weighted by Gasteiger charge is 2.53. The van der Waals surface area contributed by atoms with Crippen molar-refractivity contribution in [2.75, 3.05) is 13.7 Å². The molecule has 5 atom stereocenters. The average Bonchev–Trinajstić information content (AvgIpc) is 2.95. The number of methoxy groups -OCH3 is 1. The highest BCUT2D eigenvalue weighted by atomic mass is 16.7. The predicted octanol–water partition coefficient (Wildman–Crippen LogP) is 3.52. The van der Waals surface area contributed by atoms with E-state index >= 15 is 0 Å². The van der Waals surface area contributed by atoms with Crippen LogP contribution in [0, 0.1) is 0 Å². The molecule has 1 amide bonds. The third-order valence-corrected chi connectivity index (χ3v) is 6.67. The number of amides is 1. The van der Waals surface area contributed by atoms with Gasteiger partial charge in [-0.15, -0.1) is 0 Å². The van der Waals surface area contributed by atoms with Crippen LogP contribution in [0.2, 0.25) is 0 Å². The van der Waals surface area contributed by atoms with Gasteiger partial charge in [0.25, 0.3) is 0 Å². The van der Waals surface area contributed by atoms with Crippen molar-refractivity contribution < 1.29 is 57.1 Å². The Labute approximate surface area is 258 Å². The minimum Gasteiger partial charge on any atom is -0.493 e. The zero-order chi connectivity index (χ0) is 32.6. The van der Waals surface area contributed by atoms with Crippen LogP contribution in [0.1, 0.15) is 85.1 Å². The Hall–Kier alpha value is -3.87. The van der Waals surface area contributed by atoms with Gasteiger partial charge in [0, 0.05) is 40.7 Å². The summed E-state index contributed by atoms with van der Waals surface area (Å²) in [4.78, 5) is 59.9. The number of hydrogen-bond donors (Lipinski definition) is 1. The highest BCUT2D eigenvalue weighted by Crippen LogP contribution is 2.35. The van der Waals surface area contributed by atoms with Crippen molar-refractivity contribution in [1.29, 1.82) is 0 Å². The molecule has 1 fully saturated rings. The summed E-state index contributed by atoms with van der Waals surface area (Å²) in [5.74, 6) is -2.45. The molecule has 0 aliphatic carbocycles. The van der Waals surface area contributed by atoms with E-state index in [-0.39, 0.29) is 30.6 Å². The molecule has 2 rings (SSSR count). The van der Waals surface area contributed by atoms with Gasteiger partial charge in [0.2, 0.25) is 18.3 Å². The molecule has 1 aliphatic rings. The zero-order valence-electron chi connectivity index (χ0n) is 26.4. The number of carbonyl (C=O) groups is 5. The molecule has 44 heavy (non-hydrogen) atoms. The molecule has 0 spiro atoms. The largest absolute Gasteiger partial charge is 0.493 e. The molecule has 1 saturated heterocycles. The third-order valence-electron chi connectivity index (χ3n) is 6.67. The van der Waals surface area contributed by atoms with Gasteiger partial charge in [-0.2, -0.15) is 0 Å². The predicted molar refractivity (Wildman–Crippen MR) is 155 cm³/mol. The summed E-state index contributed by atoms with van der Waals surface area (Å²) in [6.07, 6.45) is 0.377. The first-order valence-corrected chi connectivity index (χ1v) is 14.9. The molecule has 13 heteroatoms. The van der Waals surface area contributed by atoms with Crippen LogP contribution in [0.15, 0.2) is 18.2 Å². The van der Waals surface area contributed by atoms with Crippen molar-refractivity contribution in [2.45, 2.75) is 117 Å². The van der Waals surface area contributed by atoms with Gasteiger partial charge in [0.15, 0.2) is 23.7 Å². The van der Waals surface area contributed by atoms with Gasteiger partial charge in [0.05, 0.1) is 7.11 Å². The van der Waals surface area contributed by atoms with Gasteiger partial charge in [-0.05, 0) is 24.1 Å². The second-order valence-corrected chi connectivity index (χ2v) is 10.5. The van der Waals surface area contributed by atoms with Crippen LogP contribution in [-0.2, 0) is 54.2 Å². The highest BCUT2D eigenvalue weighted by molar-refractivity contribution is 5.75. The fourth-order valence-electron chi connectivity index (χ4n) is 4.68. The number of ether oxygens (including phenoxy) is 7. The van der Waals surface area contributed by atoms with Crippen molar-refractivity contribution in [3.63, 3.8) is 0 Å². The molecule has 0 saturated carbocycles. The van der Waals surface area contributed by atoms with E-state index in [1.54, 1.807) is 18.2 Å². The van der Waals surface area contributed by atoms with Gasteiger partial charge < -0.3 is 38.5 Å². The third kappa shape index (κ3) is 12.4. The van der Waals surface area contributed by atoms with Gasteiger partial charge in [-0.25, -0.2) is 0 Å². The van der Waals surface area contributed by atoms with E-state index in [0.717, 1.165) is 45.6 Å². The first kappa shape index (κ1) is 36.3. The molecule has 0 aromatic heterocycles. The van der Waals surface area contributed by atoms with Gasteiger partial charge in [-0.3, -0.25) is 24.0 Å². The Morgan fingerprint density at radius 1 is 0.773 bits per heavy atom. The second kappa shape index (κ2) is 18.7. The van der Waals surface area contributed by atoms with Crippen LogP contribution in [0.25, 0.3) is 0 Å². The lowest BCUT2D eigenvalue weighted by molar-refractivity contribution is -0.288. The summed E-state index contributed by atoms with van der Waals surface area (Å²) in [5.41, 5.74) is 0.743. The minimum atomic E-state index is -1.41. The molecule has 246 valence electrons. The van der Waals surface area contributed by atoms with E-state index in [0.29, 0.717) is 6.42 Å². The number of benzene rings is 1. The maximum absolute atomic E-state index is 12.3. The molecular formula is C31H45NO12. The van der Waals surface area contributed by atoms with Gasteiger partial charge in [0.1, 0.15) is 12.7 Å². The lowest BCUT2D eigenvalue weighted by Crippen LogP contribution is -2.63. The lowest BCUT2D eigenvalue weighted by atomic mass is 9.98. The molecule has 13 nitrogen and oxygen atoms in total. The summed E-state index contributed by atoms with van der Waals surface area (Å²) in [6, 6.07) is 4.97. The quantitative estimate of drug-likeness (QED) is 0.153. The van der Waals surface area contributed by atoms with Crippen molar-refractivity contribution in [3.8, 4) is 11.5 Å². The Balaban J connectivity index is 2.24. The van der Waals surface area contributed by atoms with E-state index in [9.17, 15) is 24.0 Å². The molecule has 1 aromatic carbocycles. The monoisotopic (exact) mass is 623 g/mol. The molecular weight excluding hydrogens is 578 g/mol. The summed E-state index contributed by atoms with van der Waals surface area (Å²) < 4.78 is 38.9. The van der Waals surface area contributed by atoms with Crippen molar-refractivity contribution in [1.82, 2.24) is 5.32 Å². The van der Waals surface area contributed by atoms with E-state index in [4.69, 9.17) is 33.2 Å². The van der Waals surface area contributed by atoms with Crippen molar-refractivity contribution in [2.24, 2.45) is 0 Å². The minimum absolute atomic E-state index is 0.0442. The SMILES string of the molecule is CCCCCCCCC(=O)NCc1ccc(O[C@@H]2O[C@H](COC(C)=O)[C@@H](OC(C)=O)[C@H](OC(C)=O)[C@H]2OC(C)=O)c(OC)c1. The first-order chi connectivity index (χ1) is 20.9. The van der Waals surface area contributed by atoms with Crippen LogP contribution < -0.4 is 14.8 Å². The summed E-state index contributed by atoms with van der Waals surface area (Å²) >= 11 is 0. The summed E-state index contributed by atoms with van der Waals surface area (Å²) in [6.45, 7) is 6.65. The van der Waals surface area contributed by atoms with Crippen LogP contribution in [0.5, 0.6) is 11.5 Å². The Bertz CT molecular complexity index is 1120. The van der Waals surface area contributed by atoms with Crippen LogP contribution in [0.3, 0.4) is 0 Å². The second-order valence-electron chi connectivity index (χ2n) is 10.5. The number of hydrogen-bond acceptors (Lipinski definition) is 12. The van der Waals surface area contributed by atoms with Crippen molar-refractivity contribution in [3.05, 3.63) is 23.8 Å². The lowest BCUT2D eigenvalue weighted by Gasteiger charge is -2.44. The zero-order valence-corrected chi connectivity index (χ0v) is 26.4. The van der Waals surface area contributed by atoms with Crippen LogP contribution >= 0.6 is 0 Å². The van der Waals surface area contributed by atoms with Crippen molar-refractivity contribution >= 4 is 29.8 Å². The normalized spacial score (nSPS) is 21.0. The number of nitrogens with one attached hydrogen (secondary N) is 1. The number of esters is 4. The van der Waals surface area contributed by atoms with E-state index in [1.807, 2.05) is 0 Å². The standard InChI is InChI=1S/C31H45NO12/c1-7-8-9-10-11-12-13-27(37)32-17-23-14-15-24(25(16-23)38-6)43-31-30(42-22(5)36)29(41-21(4)35)28(40-20(3)34)26(44-31)18-39-19(2)33/h14-16,26,28-31H,7-13,17-18H2,1-6H3,(H,32,37)/t26-,28-,29+,30-,31-/m1/s1. The van der Waals surface area contributed by atoms with E-state index < -0.39 is 54.6 Å². The smallest absolute Gasteiger partial charge is 0.303 e. The summed E-state index contributed by atoms with van der Waals surface area (Å²) in [5, 5.41) is 2.91. The Morgan fingerprint density at radius 3 is 2.00 bits per heavy atom. The molecule has 1 N–H and O–H groups in total. The Kier molecular flexibility index (Phi) is 15.5. The topological polar surface area (TPSA) is 162 Å². The number of carbonyl (C=O) groups excluding carboxylic acids is 5. The molecule has 1 aliphatic heterocycles. The van der Waals surface area contributed by atoms with Crippen LogP contribution in [0.4, 0.5) is 0 Å². The number of unbranched alkanes of at least 4 members (excludes halogenated alkanes) is 5. The maximum Gasteiger partial charge on any atom is 0.303 e. The van der Waals surface area contributed by atoms with E-state index in [2.05, 4.69) is 12.2 Å². The molecule has 0 bridgehead atoms. The fraction of sp³-hybridized carbons (Fsp3) is 0.645. The maximum atomic E-state index is 12.3. The van der Waals surface area contributed by atoms with Crippen LogP contribution in [-0.4, -0.2) is 74.2 Å². The number of rotatable bonds is 17. The van der Waals surface area contributed by atoms with Gasteiger partial charge in [-0.1, -0.05) is 45.1 Å². The first-order valence-electron chi connectivity index (χ1n) is 14.9.